The largest absolute Gasteiger partial charge is 0.488 e. The molecule has 0 bridgehead atoms. The predicted octanol–water partition coefficient (Wildman–Crippen LogP) is 5.63. The molecule has 3 aromatic carbocycles. The SMILES string of the molecule is Cc1cc(OCc2ccccc2)c2cc(F)ccc2c1Br. The smallest absolute Gasteiger partial charge is 0.128 e. The third-order valence-corrected chi connectivity index (χ3v) is 4.47. The highest BCUT2D eigenvalue weighted by atomic mass is 79.9. The molecule has 3 rings (SSSR count). The van der Waals surface area contributed by atoms with Gasteiger partial charge in [0.1, 0.15) is 18.2 Å². The van der Waals surface area contributed by atoms with E-state index in [1.54, 1.807) is 6.07 Å². The maximum Gasteiger partial charge on any atom is 0.128 e. The van der Waals surface area contributed by atoms with Crippen molar-refractivity contribution in [2.75, 3.05) is 0 Å². The highest BCUT2D eigenvalue weighted by molar-refractivity contribution is 9.10. The van der Waals surface area contributed by atoms with Crippen LogP contribution < -0.4 is 4.74 Å². The average Bonchev–Trinajstić information content (AvgIpc) is 2.50. The first-order valence-corrected chi connectivity index (χ1v) is 7.49. The number of aryl methyl sites for hydroxylation is 1. The van der Waals surface area contributed by atoms with Crippen LogP contribution in [0.4, 0.5) is 4.39 Å². The minimum atomic E-state index is -0.261. The fourth-order valence-corrected chi connectivity index (χ4v) is 2.78. The van der Waals surface area contributed by atoms with Gasteiger partial charge in [-0.05, 0) is 52.2 Å². The maximum absolute atomic E-state index is 13.5. The quantitative estimate of drug-likeness (QED) is 0.598. The first-order chi connectivity index (χ1) is 10.1. The molecule has 0 spiro atoms. The number of fused-ring (bicyclic) bond motifs is 1. The zero-order valence-corrected chi connectivity index (χ0v) is 13.2. The fraction of sp³-hybridized carbons (Fsp3) is 0.111. The van der Waals surface area contributed by atoms with Gasteiger partial charge in [-0.2, -0.15) is 0 Å². The molecule has 0 aromatic heterocycles. The molecule has 0 amide bonds. The van der Waals surface area contributed by atoms with E-state index in [0.717, 1.165) is 26.4 Å². The van der Waals surface area contributed by atoms with E-state index in [9.17, 15) is 4.39 Å². The molecule has 106 valence electrons. The Hall–Kier alpha value is -1.87. The van der Waals surface area contributed by atoms with Crippen molar-refractivity contribution in [2.24, 2.45) is 0 Å². The molecular weight excluding hydrogens is 331 g/mol. The van der Waals surface area contributed by atoms with Crippen LogP contribution >= 0.6 is 15.9 Å². The van der Waals surface area contributed by atoms with Crippen molar-refractivity contribution in [1.29, 1.82) is 0 Å². The van der Waals surface area contributed by atoms with Crippen LogP contribution in [0, 0.1) is 12.7 Å². The fourth-order valence-electron chi connectivity index (χ4n) is 2.32. The van der Waals surface area contributed by atoms with Crippen LogP contribution in [0.25, 0.3) is 10.8 Å². The Morgan fingerprint density at radius 2 is 1.76 bits per heavy atom. The van der Waals surface area contributed by atoms with E-state index in [1.807, 2.05) is 43.3 Å². The van der Waals surface area contributed by atoms with Crippen LogP contribution in [-0.4, -0.2) is 0 Å². The van der Waals surface area contributed by atoms with E-state index in [2.05, 4.69) is 15.9 Å². The Morgan fingerprint density at radius 3 is 2.52 bits per heavy atom. The molecule has 0 saturated heterocycles. The average molecular weight is 345 g/mol. The second-order valence-electron chi connectivity index (χ2n) is 4.97. The van der Waals surface area contributed by atoms with Crippen LogP contribution in [0.3, 0.4) is 0 Å². The highest BCUT2D eigenvalue weighted by Crippen LogP contribution is 2.35. The van der Waals surface area contributed by atoms with Crippen LogP contribution in [0.5, 0.6) is 5.75 Å². The second kappa shape index (κ2) is 5.86. The van der Waals surface area contributed by atoms with Gasteiger partial charge in [-0.25, -0.2) is 4.39 Å². The van der Waals surface area contributed by atoms with Gasteiger partial charge in [-0.15, -0.1) is 0 Å². The number of benzene rings is 3. The third kappa shape index (κ3) is 2.93. The molecule has 0 unspecified atom stereocenters. The molecule has 21 heavy (non-hydrogen) atoms. The van der Waals surface area contributed by atoms with Crippen molar-refractivity contribution in [1.82, 2.24) is 0 Å². The molecule has 3 heteroatoms. The lowest BCUT2D eigenvalue weighted by molar-refractivity contribution is 0.310. The van der Waals surface area contributed by atoms with Crippen molar-refractivity contribution >= 4 is 26.7 Å². The van der Waals surface area contributed by atoms with Crippen molar-refractivity contribution in [2.45, 2.75) is 13.5 Å². The van der Waals surface area contributed by atoms with Gasteiger partial charge in [0.15, 0.2) is 0 Å². The Bertz CT molecular complexity index is 784. The van der Waals surface area contributed by atoms with E-state index in [-0.39, 0.29) is 5.82 Å². The van der Waals surface area contributed by atoms with Crippen LogP contribution in [0.15, 0.2) is 59.1 Å². The summed E-state index contributed by atoms with van der Waals surface area (Å²) in [6.45, 7) is 2.47. The van der Waals surface area contributed by atoms with Gasteiger partial charge < -0.3 is 4.74 Å². The molecule has 1 nitrogen and oxygen atoms in total. The summed E-state index contributed by atoms with van der Waals surface area (Å²) in [7, 11) is 0. The zero-order valence-electron chi connectivity index (χ0n) is 11.6. The summed E-state index contributed by atoms with van der Waals surface area (Å²) in [5, 5.41) is 1.74. The number of hydrogen-bond acceptors (Lipinski definition) is 1. The Labute approximate surface area is 131 Å². The number of hydrogen-bond donors (Lipinski definition) is 0. The summed E-state index contributed by atoms with van der Waals surface area (Å²) >= 11 is 3.56. The summed E-state index contributed by atoms with van der Waals surface area (Å²) in [4.78, 5) is 0. The lowest BCUT2D eigenvalue weighted by Gasteiger charge is -2.13. The van der Waals surface area contributed by atoms with Gasteiger partial charge in [0.25, 0.3) is 0 Å². The molecular formula is C18H14BrFO. The number of ether oxygens (including phenoxy) is 1. The van der Waals surface area contributed by atoms with Crippen LogP contribution in [-0.2, 0) is 6.61 Å². The molecule has 0 heterocycles. The highest BCUT2D eigenvalue weighted by Gasteiger charge is 2.10. The number of halogens is 2. The molecule has 0 aliphatic carbocycles. The molecule has 0 atom stereocenters. The normalized spacial score (nSPS) is 10.8. The van der Waals surface area contributed by atoms with Crippen molar-refractivity contribution < 1.29 is 9.13 Å². The molecule has 0 saturated carbocycles. The summed E-state index contributed by atoms with van der Waals surface area (Å²) in [5.41, 5.74) is 2.15. The van der Waals surface area contributed by atoms with Crippen molar-refractivity contribution in [3.63, 3.8) is 0 Å². The summed E-state index contributed by atoms with van der Waals surface area (Å²) in [5.74, 6) is 0.442. The second-order valence-corrected chi connectivity index (χ2v) is 5.76. The monoisotopic (exact) mass is 344 g/mol. The molecule has 0 aliphatic rings. The summed E-state index contributed by atoms with van der Waals surface area (Å²) < 4.78 is 20.4. The van der Waals surface area contributed by atoms with E-state index in [0.29, 0.717) is 12.4 Å². The maximum atomic E-state index is 13.5. The minimum absolute atomic E-state index is 0.261. The van der Waals surface area contributed by atoms with Crippen LogP contribution in [0.2, 0.25) is 0 Å². The number of rotatable bonds is 3. The minimum Gasteiger partial charge on any atom is -0.488 e. The zero-order chi connectivity index (χ0) is 14.8. The molecule has 0 N–H and O–H groups in total. The summed E-state index contributed by atoms with van der Waals surface area (Å²) in [6.07, 6.45) is 0. The predicted molar refractivity (Wildman–Crippen MR) is 87.1 cm³/mol. The van der Waals surface area contributed by atoms with Gasteiger partial charge >= 0.3 is 0 Å². The van der Waals surface area contributed by atoms with E-state index < -0.39 is 0 Å². The Kier molecular flexibility index (Phi) is 3.93. The molecule has 0 radical (unpaired) electrons. The van der Waals surface area contributed by atoms with Gasteiger partial charge in [-0.1, -0.05) is 36.4 Å². The lowest BCUT2D eigenvalue weighted by Crippen LogP contribution is -1.97. The molecule has 3 aromatic rings. The van der Waals surface area contributed by atoms with Gasteiger partial charge in [0.05, 0.1) is 0 Å². The van der Waals surface area contributed by atoms with E-state index >= 15 is 0 Å². The standard InChI is InChI=1S/C18H14BrFO/c1-12-9-17(21-11-13-5-3-2-4-6-13)16-10-14(20)7-8-15(16)18(12)19/h2-10H,11H2,1H3. The van der Waals surface area contributed by atoms with E-state index in [4.69, 9.17) is 4.74 Å². The summed E-state index contributed by atoms with van der Waals surface area (Å²) in [6, 6.07) is 16.6. The van der Waals surface area contributed by atoms with Crippen molar-refractivity contribution in [3.05, 3.63) is 76.0 Å². The van der Waals surface area contributed by atoms with Gasteiger partial charge in [-0.3, -0.25) is 0 Å². The molecule has 0 fully saturated rings. The first-order valence-electron chi connectivity index (χ1n) is 6.70. The van der Waals surface area contributed by atoms with E-state index in [1.165, 1.54) is 12.1 Å². The molecule has 0 aliphatic heterocycles. The first kappa shape index (κ1) is 14.1. The van der Waals surface area contributed by atoms with Gasteiger partial charge in [0.2, 0.25) is 0 Å². The van der Waals surface area contributed by atoms with Gasteiger partial charge in [0, 0.05) is 15.2 Å². The lowest BCUT2D eigenvalue weighted by atomic mass is 10.1. The third-order valence-electron chi connectivity index (χ3n) is 3.41. The Morgan fingerprint density at radius 1 is 1.00 bits per heavy atom. The van der Waals surface area contributed by atoms with Crippen LogP contribution in [0.1, 0.15) is 11.1 Å². The van der Waals surface area contributed by atoms with Crippen molar-refractivity contribution in [3.8, 4) is 5.75 Å². The Balaban J connectivity index is 2.01. The topological polar surface area (TPSA) is 9.23 Å².